The zero-order chi connectivity index (χ0) is 14.8. The lowest BCUT2D eigenvalue weighted by Crippen LogP contribution is -2.30. The van der Waals surface area contributed by atoms with Gasteiger partial charge >= 0.3 is 0 Å². The first-order chi connectivity index (χ1) is 8.65. The third kappa shape index (κ3) is 4.19. The van der Waals surface area contributed by atoms with Gasteiger partial charge < -0.3 is 5.73 Å². The van der Waals surface area contributed by atoms with E-state index in [1.807, 2.05) is 6.92 Å². The lowest BCUT2D eigenvalue weighted by molar-refractivity contribution is 0.414. The Balaban J connectivity index is 3.01. The van der Waals surface area contributed by atoms with Gasteiger partial charge in [0, 0.05) is 16.7 Å². The van der Waals surface area contributed by atoms with Crippen molar-refractivity contribution in [1.29, 1.82) is 0 Å². The molecule has 6 heteroatoms. The standard InChI is InChI=1S/C13H21BrN2O2S/c1-8(2)9(3)7-16-19(17,18)13-6-11(14)5-12(15)10(13)4/h5-6,8-9,16H,7,15H2,1-4H3. The van der Waals surface area contributed by atoms with E-state index < -0.39 is 10.0 Å². The lowest BCUT2D eigenvalue weighted by atomic mass is 9.99. The molecule has 0 amide bonds. The highest BCUT2D eigenvalue weighted by molar-refractivity contribution is 9.10. The number of rotatable bonds is 5. The summed E-state index contributed by atoms with van der Waals surface area (Å²) in [5, 5.41) is 0. The van der Waals surface area contributed by atoms with Crippen LogP contribution in [0.3, 0.4) is 0 Å². The molecular weight excluding hydrogens is 328 g/mol. The fraction of sp³-hybridized carbons (Fsp3) is 0.538. The monoisotopic (exact) mass is 348 g/mol. The number of sulfonamides is 1. The van der Waals surface area contributed by atoms with Crippen LogP contribution in [0.4, 0.5) is 5.69 Å². The van der Waals surface area contributed by atoms with Crippen molar-refractivity contribution in [2.24, 2.45) is 11.8 Å². The molecule has 1 rings (SSSR count). The van der Waals surface area contributed by atoms with Crippen molar-refractivity contribution in [3.05, 3.63) is 22.2 Å². The van der Waals surface area contributed by atoms with Crippen LogP contribution in [0.25, 0.3) is 0 Å². The van der Waals surface area contributed by atoms with Gasteiger partial charge in [-0.05, 0) is 36.5 Å². The van der Waals surface area contributed by atoms with Crippen molar-refractivity contribution in [3.63, 3.8) is 0 Å². The number of anilines is 1. The van der Waals surface area contributed by atoms with Crippen molar-refractivity contribution in [1.82, 2.24) is 4.72 Å². The van der Waals surface area contributed by atoms with Crippen molar-refractivity contribution < 1.29 is 8.42 Å². The quantitative estimate of drug-likeness (QED) is 0.803. The fourth-order valence-corrected chi connectivity index (χ4v) is 3.58. The summed E-state index contributed by atoms with van der Waals surface area (Å²) < 4.78 is 27.9. The van der Waals surface area contributed by atoms with Crippen LogP contribution in [0.5, 0.6) is 0 Å². The SMILES string of the molecule is Cc1c(N)cc(Br)cc1S(=O)(=O)NCC(C)C(C)C. The normalized spacial score (nSPS) is 13.8. The van der Waals surface area contributed by atoms with E-state index in [2.05, 4.69) is 34.5 Å². The largest absolute Gasteiger partial charge is 0.398 e. The van der Waals surface area contributed by atoms with Gasteiger partial charge in [0.05, 0.1) is 4.90 Å². The van der Waals surface area contributed by atoms with E-state index in [4.69, 9.17) is 5.73 Å². The lowest BCUT2D eigenvalue weighted by Gasteiger charge is -2.17. The third-order valence-electron chi connectivity index (χ3n) is 3.39. The number of nitrogen functional groups attached to an aromatic ring is 1. The predicted molar refractivity (Wildman–Crippen MR) is 82.5 cm³/mol. The fourth-order valence-electron chi connectivity index (χ4n) is 1.51. The number of nitrogens with two attached hydrogens (primary N) is 1. The Hall–Kier alpha value is -0.590. The Bertz CT molecular complexity index is 556. The molecule has 0 aromatic heterocycles. The summed E-state index contributed by atoms with van der Waals surface area (Å²) in [6.07, 6.45) is 0. The van der Waals surface area contributed by atoms with Gasteiger partial charge in [-0.25, -0.2) is 13.1 Å². The molecule has 0 aliphatic carbocycles. The molecule has 0 saturated heterocycles. The maximum atomic E-state index is 12.3. The minimum absolute atomic E-state index is 0.232. The molecule has 1 atom stereocenters. The Labute approximate surface area is 124 Å². The number of hydrogen-bond acceptors (Lipinski definition) is 3. The van der Waals surface area contributed by atoms with Gasteiger partial charge in [0.1, 0.15) is 0 Å². The number of hydrogen-bond donors (Lipinski definition) is 2. The average molecular weight is 349 g/mol. The van der Waals surface area contributed by atoms with Gasteiger partial charge in [-0.2, -0.15) is 0 Å². The van der Waals surface area contributed by atoms with Crippen LogP contribution in [-0.2, 0) is 10.0 Å². The molecule has 0 fully saturated rings. The van der Waals surface area contributed by atoms with Crippen LogP contribution in [0.2, 0.25) is 0 Å². The number of halogens is 1. The Morgan fingerprint density at radius 3 is 2.42 bits per heavy atom. The van der Waals surface area contributed by atoms with Gasteiger partial charge in [-0.15, -0.1) is 0 Å². The Morgan fingerprint density at radius 2 is 1.89 bits per heavy atom. The van der Waals surface area contributed by atoms with Crippen molar-refractivity contribution >= 4 is 31.6 Å². The molecule has 0 heterocycles. The highest BCUT2D eigenvalue weighted by Gasteiger charge is 2.20. The van der Waals surface area contributed by atoms with E-state index in [0.717, 1.165) is 0 Å². The summed E-state index contributed by atoms with van der Waals surface area (Å²) >= 11 is 3.27. The molecule has 1 aromatic rings. The zero-order valence-corrected chi connectivity index (χ0v) is 14.1. The highest BCUT2D eigenvalue weighted by atomic mass is 79.9. The summed E-state index contributed by atoms with van der Waals surface area (Å²) in [6, 6.07) is 3.28. The molecule has 0 bridgehead atoms. The van der Waals surface area contributed by atoms with Gasteiger partial charge in [0.2, 0.25) is 10.0 Å². The maximum absolute atomic E-state index is 12.3. The highest BCUT2D eigenvalue weighted by Crippen LogP contribution is 2.26. The summed E-state index contributed by atoms with van der Waals surface area (Å²) in [5.74, 6) is 0.705. The van der Waals surface area contributed by atoms with Crippen LogP contribution in [0, 0.1) is 18.8 Å². The minimum Gasteiger partial charge on any atom is -0.398 e. The summed E-state index contributed by atoms with van der Waals surface area (Å²) in [7, 11) is -3.52. The molecule has 0 radical (unpaired) electrons. The molecule has 0 aliphatic heterocycles. The first kappa shape index (κ1) is 16.5. The second kappa shape index (κ2) is 6.24. The number of benzene rings is 1. The van der Waals surface area contributed by atoms with Crippen molar-refractivity contribution in [2.75, 3.05) is 12.3 Å². The summed E-state index contributed by atoms with van der Waals surface area (Å²) in [5.41, 5.74) is 6.84. The van der Waals surface area contributed by atoms with Crippen molar-refractivity contribution in [3.8, 4) is 0 Å². The molecule has 108 valence electrons. The third-order valence-corrected chi connectivity index (χ3v) is 5.40. The summed E-state index contributed by atoms with van der Waals surface area (Å²) in [4.78, 5) is 0.232. The van der Waals surface area contributed by atoms with Gasteiger partial charge in [-0.1, -0.05) is 36.7 Å². The first-order valence-corrected chi connectivity index (χ1v) is 8.48. The topological polar surface area (TPSA) is 72.2 Å². The average Bonchev–Trinajstić information content (AvgIpc) is 2.30. The predicted octanol–water partition coefficient (Wildman–Crippen LogP) is 2.91. The Kier molecular flexibility index (Phi) is 5.41. The van der Waals surface area contributed by atoms with Crippen LogP contribution >= 0.6 is 15.9 Å². The van der Waals surface area contributed by atoms with E-state index in [1.165, 1.54) is 0 Å². The molecule has 0 saturated carbocycles. The van der Waals surface area contributed by atoms with E-state index in [0.29, 0.717) is 28.2 Å². The molecular formula is C13H21BrN2O2S. The Morgan fingerprint density at radius 1 is 1.32 bits per heavy atom. The molecule has 3 N–H and O–H groups in total. The maximum Gasteiger partial charge on any atom is 0.240 e. The van der Waals surface area contributed by atoms with Gasteiger partial charge in [0.15, 0.2) is 0 Å². The second-order valence-corrected chi connectivity index (χ2v) is 7.84. The van der Waals surface area contributed by atoms with Gasteiger partial charge in [-0.3, -0.25) is 0 Å². The molecule has 1 aromatic carbocycles. The van der Waals surface area contributed by atoms with E-state index in [-0.39, 0.29) is 10.8 Å². The van der Waals surface area contributed by atoms with Crippen LogP contribution in [-0.4, -0.2) is 15.0 Å². The minimum atomic E-state index is -3.52. The van der Waals surface area contributed by atoms with Gasteiger partial charge in [0.25, 0.3) is 0 Å². The van der Waals surface area contributed by atoms with E-state index in [9.17, 15) is 8.42 Å². The van der Waals surface area contributed by atoms with E-state index >= 15 is 0 Å². The smallest absolute Gasteiger partial charge is 0.240 e. The van der Waals surface area contributed by atoms with Crippen molar-refractivity contribution in [2.45, 2.75) is 32.6 Å². The first-order valence-electron chi connectivity index (χ1n) is 6.20. The zero-order valence-electron chi connectivity index (χ0n) is 11.7. The summed E-state index contributed by atoms with van der Waals surface area (Å²) in [6.45, 7) is 8.30. The molecule has 1 unspecified atom stereocenters. The molecule has 0 aliphatic rings. The number of nitrogens with one attached hydrogen (secondary N) is 1. The van der Waals surface area contributed by atoms with E-state index in [1.54, 1.807) is 19.1 Å². The van der Waals surface area contributed by atoms with Crippen LogP contribution in [0.1, 0.15) is 26.3 Å². The molecule has 19 heavy (non-hydrogen) atoms. The van der Waals surface area contributed by atoms with Crippen LogP contribution < -0.4 is 10.5 Å². The second-order valence-electron chi connectivity index (χ2n) is 5.19. The molecule has 4 nitrogen and oxygen atoms in total. The molecule has 0 spiro atoms. The van der Waals surface area contributed by atoms with Crippen LogP contribution in [0.15, 0.2) is 21.5 Å².